The maximum absolute atomic E-state index is 11.9. The van der Waals surface area contributed by atoms with Gasteiger partial charge in [-0.1, -0.05) is 12.1 Å². The van der Waals surface area contributed by atoms with Gasteiger partial charge >= 0.3 is 0 Å². The Bertz CT molecular complexity index is 279. The zero-order valence-electron chi connectivity index (χ0n) is 7.97. The van der Waals surface area contributed by atoms with Crippen molar-refractivity contribution in [2.45, 2.75) is 13.3 Å². The van der Waals surface area contributed by atoms with Gasteiger partial charge in [-0.05, 0) is 19.1 Å². The van der Waals surface area contributed by atoms with Crippen molar-refractivity contribution in [3.63, 3.8) is 0 Å². The third-order valence-electron chi connectivity index (χ3n) is 1.63. The maximum atomic E-state index is 11.9. The predicted molar refractivity (Wildman–Crippen MR) is 52.1 cm³/mol. The van der Waals surface area contributed by atoms with Crippen molar-refractivity contribution in [1.82, 2.24) is 0 Å². The van der Waals surface area contributed by atoms with Crippen LogP contribution in [0.5, 0.6) is 5.75 Å². The lowest BCUT2D eigenvalue weighted by Crippen LogP contribution is -2.11. The highest BCUT2D eigenvalue weighted by Gasteiger charge is 2.05. The van der Waals surface area contributed by atoms with Crippen LogP contribution in [0.25, 0.3) is 0 Å². The Balaban J connectivity index is 2.64. The molecule has 0 aliphatic carbocycles. The number of hydrogen-bond donors (Lipinski definition) is 1. The molecule has 0 aromatic heterocycles. The van der Waals surface area contributed by atoms with Crippen molar-refractivity contribution in [3.05, 3.63) is 24.3 Å². The molecule has 1 N–H and O–H groups in total. The minimum atomic E-state index is -2.36. The van der Waals surface area contributed by atoms with Crippen LogP contribution < -0.4 is 10.1 Å². The van der Waals surface area contributed by atoms with Crippen molar-refractivity contribution in [2.75, 3.05) is 18.5 Å². The quantitative estimate of drug-likeness (QED) is 0.790. The van der Waals surface area contributed by atoms with Gasteiger partial charge in [0.1, 0.15) is 5.75 Å². The van der Waals surface area contributed by atoms with Gasteiger partial charge < -0.3 is 10.1 Å². The van der Waals surface area contributed by atoms with Gasteiger partial charge in [-0.15, -0.1) is 0 Å². The van der Waals surface area contributed by atoms with Gasteiger partial charge in [-0.25, -0.2) is 8.78 Å². The number of alkyl halides is 2. The van der Waals surface area contributed by atoms with E-state index in [4.69, 9.17) is 4.74 Å². The Morgan fingerprint density at radius 1 is 1.36 bits per heavy atom. The first-order chi connectivity index (χ1) is 6.74. The number of rotatable bonds is 5. The molecule has 0 amide bonds. The molecule has 4 heteroatoms. The summed E-state index contributed by atoms with van der Waals surface area (Å²) >= 11 is 0. The molecule has 1 aromatic rings. The molecular weight excluding hydrogens is 188 g/mol. The number of hydrogen-bond acceptors (Lipinski definition) is 2. The molecule has 2 nitrogen and oxygen atoms in total. The summed E-state index contributed by atoms with van der Waals surface area (Å²) in [7, 11) is 0. The largest absolute Gasteiger partial charge is 0.492 e. The molecule has 0 saturated heterocycles. The molecule has 0 aliphatic rings. The van der Waals surface area contributed by atoms with Crippen LogP contribution in [0.4, 0.5) is 14.5 Å². The first-order valence-corrected chi connectivity index (χ1v) is 4.48. The number of ether oxygens (including phenoxy) is 1. The SMILES string of the molecule is CCOc1ccccc1NCC(F)F. The summed E-state index contributed by atoms with van der Waals surface area (Å²) in [5.74, 6) is 0.607. The Morgan fingerprint density at radius 3 is 2.71 bits per heavy atom. The summed E-state index contributed by atoms with van der Waals surface area (Å²) in [4.78, 5) is 0. The molecule has 0 saturated carbocycles. The fraction of sp³-hybridized carbons (Fsp3) is 0.400. The predicted octanol–water partition coefficient (Wildman–Crippen LogP) is 2.76. The second kappa shape index (κ2) is 5.42. The molecule has 0 unspecified atom stereocenters. The number of halogens is 2. The second-order valence-corrected chi connectivity index (χ2v) is 2.70. The zero-order chi connectivity index (χ0) is 10.4. The Morgan fingerprint density at radius 2 is 2.07 bits per heavy atom. The molecule has 0 fully saturated rings. The summed E-state index contributed by atoms with van der Waals surface area (Å²) in [6, 6.07) is 7.04. The Labute approximate surface area is 81.9 Å². The van der Waals surface area contributed by atoms with E-state index in [2.05, 4.69) is 5.32 Å². The second-order valence-electron chi connectivity index (χ2n) is 2.70. The molecule has 0 bridgehead atoms. The summed E-state index contributed by atoms with van der Waals surface area (Å²) in [5.41, 5.74) is 0.606. The lowest BCUT2D eigenvalue weighted by atomic mass is 10.3. The smallest absolute Gasteiger partial charge is 0.255 e. The molecule has 78 valence electrons. The Hall–Kier alpha value is -1.32. The maximum Gasteiger partial charge on any atom is 0.255 e. The number of nitrogens with one attached hydrogen (secondary N) is 1. The lowest BCUT2D eigenvalue weighted by Gasteiger charge is -2.11. The van der Waals surface area contributed by atoms with E-state index >= 15 is 0 Å². The highest BCUT2D eigenvalue weighted by Crippen LogP contribution is 2.23. The van der Waals surface area contributed by atoms with Gasteiger partial charge in [0.25, 0.3) is 6.43 Å². The number of anilines is 1. The summed E-state index contributed by atoms with van der Waals surface area (Å²) in [5, 5.41) is 2.62. The van der Waals surface area contributed by atoms with Gasteiger partial charge in [0.15, 0.2) is 0 Å². The summed E-state index contributed by atoms with van der Waals surface area (Å²) in [6.45, 7) is 2.02. The van der Waals surface area contributed by atoms with Crippen molar-refractivity contribution < 1.29 is 13.5 Å². The topological polar surface area (TPSA) is 21.3 Å². The van der Waals surface area contributed by atoms with Gasteiger partial charge in [-0.3, -0.25) is 0 Å². The molecule has 1 rings (SSSR count). The summed E-state index contributed by atoms with van der Waals surface area (Å²) < 4.78 is 29.1. The highest BCUT2D eigenvalue weighted by molar-refractivity contribution is 5.56. The average Bonchev–Trinajstić information content (AvgIpc) is 2.17. The van der Waals surface area contributed by atoms with E-state index in [0.29, 0.717) is 18.0 Å². The normalized spacial score (nSPS) is 10.3. The minimum Gasteiger partial charge on any atom is -0.492 e. The standard InChI is InChI=1S/C10H13F2NO/c1-2-14-9-6-4-3-5-8(9)13-7-10(11)12/h3-6,10,13H,2,7H2,1H3. The van der Waals surface area contributed by atoms with E-state index in [9.17, 15) is 8.78 Å². The molecule has 1 aromatic carbocycles. The molecule has 14 heavy (non-hydrogen) atoms. The monoisotopic (exact) mass is 201 g/mol. The van der Waals surface area contributed by atoms with Crippen LogP contribution in [-0.2, 0) is 0 Å². The third-order valence-corrected chi connectivity index (χ3v) is 1.63. The molecule has 0 atom stereocenters. The first-order valence-electron chi connectivity index (χ1n) is 4.48. The van der Waals surface area contributed by atoms with Gasteiger partial charge in [-0.2, -0.15) is 0 Å². The van der Waals surface area contributed by atoms with E-state index in [0.717, 1.165) is 0 Å². The molecule has 0 aliphatic heterocycles. The number of benzene rings is 1. The zero-order valence-corrected chi connectivity index (χ0v) is 7.97. The van der Waals surface area contributed by atoms with E-state index in [1.54, 1.807) is 24.3 Å². The van der Waals surface area contributed by atoms with Crippen LogP contribution in [0.1, 0.15) is 6.92 Å². The van der Waals surface area contributed by atoms with E-state index in [1.165, 1.54) is 0 Å². The van der Waals surface area contributed by atoms with Crippen LogP contribution in [0.15, 0.2) is 24.3 Å². The van der Waals surface area contributed by atoms with Crippen LogP contribution in [0.2, 0.25) is 0 Å². The van der Waals surface area contributed by atoms with Crippen LogP contribution in [0.3, 0.4) is 0 Å². The molecular formula is C10H13F2NO. The molecule has 0 heterocycles. The Kier molecular flexibility index (Phi) is 4.16. The van der Waals surface area contributed by atoms with E-state index < -0.39 is 6.43 Å². The van der Waals surface area contributed by atoms with Crippen molar-refractivity contribution in [1.29, 1.82) is 0 Å². The van der Waals surface area contributed by atoms with Crippen molar-refractivity contribution in [2.24, 2.45) is 0 Å². The van der Waals surface area contributed by atoms with Crippen LogP contribution in [-0.4, -0.2) is 19.6 Å². The van der Waals surface area contributed by atoms with E-state index in [-0.39, 0.29) is 6.54 Å². The van der Waals surface area contributed by atoms with Gasteiger partial charge in [0, 0.05) is 0 Å². The van der Waals surface area contributed by atoms with E-state index in [1.807, 2.05) is 6.92 Å². The first kappa shape index (κ1) is 10.8. The third kappa shape index (κ3) is 3.20. The fourth-order valence-electron chi connectivity index (χ4n) is 1.08. The highest BCUT2D eigenvalue weighted by atomic mass is 19.3. The van der Waals surface area contributed by atoms with Gasteiger partial charge in [0.05, 0.1) is 18.8 Å². The molecule has 0 radical (unpaired) electrons. The summed E-state index contributed by atoms with van der Waals surface area (Å²) in [6.07, 6.45) is -2.36. The fourth-order valence-corrected chi connectivity index (χ4v) is 1.08. The van der Waals surface area contributed by atoms with Crippen LogP contribution in [0, 0.1) is 0 Å². The minimum absolute atomic E-state index is 0.357. The van der Waals surface area contributed by atoms with Crippen molar-refractivity contribution in [3.8, 4) is 5.75 Å². The van der Waals surface area contributed by atoms with Crippen molar-refractivity contribution >= 4 is 5.69 Å². The van der Waals surface area contributed by atoms with Crippen LogP contribution >= 0.6 is 0 Å². The molecule has 0 spiro atoms. The average molecular weight is 201 g/mol. The van der Waals surface area contributed by atoms with Gasteiger partial charge in [0.2, 0.25) is 0 Å². The number of para-hydroxylation sites is 2. The lowest BCUT2D eigenvalue weighted by molar-refractivity contribution is 0.163.